The summed E-state index contributed by atoms with van der Waals surface area (Å²) in [4.78, 5) is 13.1. The van der Waals surface area contributed by atoms with E-state index in [1.807, 2.05) is 24.3 Å². The SMILES string of the molecule is COc1ccc(OCCN(C)C(=O)[C@@H](C)N)cc1. The Morgan fingerprint density at radius 1 is 1.33 bits per heavy atom. The average Bonchev–Trinajstić information content (AvgIpc) is 2.38. The second kappa shape index (κ2) is 6.86. The third-order valence-corrected chi connectivity index (χ3v) is 2.52. The van der Waals surface area contributed by atoms with E-state index in [9.17, 15) is 4.79 Å². The van der Waals surface area contributed by atoms with Gasteiger partial charge in [-0.25, -0.2) is 0 Å². The molecule has 1 aromatic rings. The van der Waals surface area contributed by atoms with Gasteiger partial charge in [0, 0.05) is 7.05 Å². The number of methoxy groups -OCH3 is 1. The van der Waals surface area contributed by atoms with Gasteiger partial charge in [-0.1, -0.05) is 0 Å². The Labute approximate surface area is 107 Å². The lowest BCUT2D eigenvalue weighted by Crippen LogP contribution is -2.41. The highest BCUT2D eigenvalue weighted by Crippen LogP contribution is 2.16. The summed E-state index contributed by atoms with van der Waals surface area (Å²) < 4.78 is 10.6. The number of nitrogens with zero attached hydrogens (tertiary/aromatic N) is 1. The molecule has 5 nitrogen and oxygen atoms in total. The Morgan fingerprint density at radius 2 is 1.89 bits per heavy atom. The van der Waals surface area contributed by atoms with E-state index in [4.69, 9.17) is 15.2 Å². The zero-order valence-electron chi connectivity index (χ0n) is 11.1. The molecule has 0 bridgehead atoms. The topological polar surface area (TPSA) is 64.8 Å². The van der Waals surface area contributed by atoms with Gasteiger partial charge in [-0.3, -0.25) is 4.79 Å². The van der Waals surface area contributed by atoms with Crippen LogP contribution < -0.4 is 15.2 Å². The van der Waals surface area contributed by atoms with E-state index in [-0.39, 0.29) is 5.91 Å². The summed E-state index contributed by atoms with van der Waals surface area (Å²) >= 11 is 0. The lowest BCUT2D eigenvalue weighted by atomic mass is 10.3. The minimum absolute atomic E-state index is 0.0895. The lowest BCUT2D eigenvalue weighted by Gasteiger charge is -2.19. The van der Waals surface area contributed by atoms with Crippen molar-refractivity contribution >= 4 is 5.91 Å². The third-order valence-electron chi connectivity index (χ3n) is 2.52. The molecule has 100 valence electrons. The zero-order valence-corrected chi connectivity index (χ0v) is 11.1. The third kappa shape index (κ3) is 4.25. The molecule has 0 spiro atoms. The Morgan fingerprint density at radius 3 is 2.39 bits per heavy atom. The fourth-order valence-corrected chi connectivity index (χ4v) is 1.43. The van der Waals surface area contributed by atoms with Gasteiger partial charge in [0.2, 0.25) is 5.91 Å². The van der Waals surface area contributed by atoms with Crippen LogP contribution in [0.15, 0.2) is 24.3 Å². The number of carbonyl (C=O) groups excluding carboxylic acids is 1. The summed E-state index contributed by atoms with van der Waals surface area (Å²) in [5.74, 6) is 1.44. The molecule has 0 radical (unpaired) electrons. The van der Waals surface area contributed by atoms with Crippen molar-refractivity contribution in [3.05, 3.63) is 24.3 Å². The van der Waals surface area contributed by atoms with Crippen LogP contribution in [0.4, 0.5) is 0 Å². The van der Waals surface area contributed by atoms with E-state index in [0.29, 0.717) is 13.2 Å². The summed E-state index contributed by atoms with van der Waals surface area (Å²) in [5.41, 5.74) is 5.51. The highest BCUT2D eigenvalue weighted by Gasteiger charge is 2.12. The second-order valence-electron chi connectivity index (χ2n) is 4.07. The molecule has 0 aliphatic rings. The largest absolute Gasteiger partial charge is 0.497 e. The molecule has 1 aromatic carbocycles. The van der Waals surface area contributed by atoms with Crippen molar-refractivity contribution in [3.8, 4) is 11.5 Å². The van der Waals surface area contributed by atoms with Crippen LogP contribution in [0.25, 0.3) is 0 Å². The fraction of sp³-hybridized carbons (Fsp3) is 0.462. The van der Waals surface area contributed by atoms with Gasteiger partial charge in [0.1, 0.15) is 18.1 Å². The molecule has 1 rings (SSSR count). The molecule has 0 heterocycles. The van der Waals surface area contributed by atoms with Crippen LogP contribution in [0.3, 0.4) is 0 Å². The molecule has 2 N–H and O–H groups in total. The number of carbonyl (C=O) groups is 1. The van der Waals surface area contributed by atoms with Crippen molar-refractivity contribution in [1.29, 1.82) is 0 Å². The quantitative estimate of drug-likeness (QED) is 0.816. The minimum atomic E-state index is -0.476. The van der Waals surface area contributed by atoms with Gasteiger partial charge < -0.3 is 20.1 Å². The van der Waals surface area contributed by atoms with E-state index >= 15 is 0 Å². The normalized spacial score (nSPS) is 11.8. The fourth-order valence-electron chi connectivity index (χ4n) is 1.43. The summed E-state index contributed by atoms with van der Waals surface area (Å²) in [5, 5.41) is 0. The predicted molar refractivity (Wildman–Crippen MR) is 69.8 cm³/mol. The molecule has 0 saturated carbocycles. The van der Waals surface area contributed by atoms with Crippen molar-refractivity contribution in [3.63, 3.8) is 0 Å². The first-order valence-corrected chi connectivity index (χ1v) is 5.82. The summed E-state index contributed by atoms with van der Waals surface area (Å²) in [6.07, 6.45) is 0. The maximum absolute atomic E-state index is 11.5. The Kier molecular flexibility index (Phi) is 5.45. The van der Waals surface area contributed by atoms with E-state index in [2.05, 4.69) is 0 Å². The van der Waals surface area contributed by atoms with Gasteiger partial charge in [-0.05, 0) is 31.2 Å². The molecule has 0 saturated heterocycles. The van der Waals surface area contributed by atoms with Gasteiger partial charge >= 0.3 is 0 Å². The molecule has 18 heavy (non-hydrogen) atoms. The molecule has 0 aliphatic heterocycles. The Bertz CT molecular complexity index is 376. The van der Waals surface area contributed by atoms with E-state index in [1.165, 1.54) is 0 Å². The van der Waals surface area contributed by atoms with E-state index < -0.39 is 6.04 Å². The Balaban J connectivity index is 2.34. The standard InChI is InChI=1S/C13H20N2O3/c1-10(14)13(16)15(2)8-9-18-12-6-4-11(17-3)5-7-12/h4-7,10H,8-9,14H2,1-3H3/t10-/m1/s1. The first-order valence-electron chi connectivity index (χ1n) is 5.82. The maximum atomic E-state index is 11.5. The average molecular weight is 252 g/mol. The van der Waals surface area contributed by atoms with Crippen LogP contribution in [0, 0.1) is 0 Å². The molecule has 0 aliphatic carbocycles. The first-order chi connectivity index (χ1) is 8.54. The number of likely N-dealkylation sites (N-methyl/N-ethyl adjacent to an activating group) is 1. The molecule has 0 fully saturated rings. The van der Waals surface area contributed by atoms with Gasteiger partial charge in [0.05, 0.1) is 19.7 Å². The zero-order chi connectivity index (χ0) is 13.5. The van der Waals surface area contributed by atoms with Crippen molar-refractivity contribution in [2.75, 3.05) is 27.3 Å². The number of hydrogen-bond donors (Lipinski definition) is 1. The van der Waals surface area contributed by atoms with Crippen LogP contribution in [0.1, 0.15) is 6.92 Å². The molecule has 0 aromatic heterocycles. The predicted octanol–water partition coefficient (Wildman–Crippen LogP) is 0.880. The van der Waals surface area contributed by atoms with Gasteiger partial charge in [-0.15, -0.1) is 0 Å². The number of hydrogen-bond acceptors (Lipinski definition) is 4. The minimum Gasteiger partial charge on any atom is -0.497 e. The van der Waals surface area contributed by atoms with Crippen LogP contribution in [0.5, 0.6) is 11.5 Å². The van der Waals surface area contributed by atoms with E-state index in [0.717, 1.165) is 11.5 Å². The highest BCUT2D eigenvalue weighted by molar-refractivity contribution is 5.80. The second-order valence-corrected chi connectivity index (χ2v) is 4.07. The molecule has 5 heteroatoms. The Hall–Kier alpha value is -1.75. The molecule has 0 unspecified atom stereocenters. The first kappa shape index (κ1) is 14.3. The van der Waals surface area contributed by atoms with Crippen LogP contribution in [-0.2, 0) is 4.79 Å². The number of nitrogens with two attached hydrogens (primary N) is 1. The van der Waals surface area contributed by atoms with Gasteiger partial charge in [0.25, 0.3) is 0 Å². The number of rotatable bonds is 6. The number of amides is 1. The van der Waals surface area contributed by atoms with Crippen molar-refractivity contribution < 1.29 is 14.3 Å². The smallest absolute Gasteiger partial charge is 0.239 e. The highest BCUT2D eigenvalue weighted by atomic mass is 16.5. The van der Waals surface area contributed by atoms with E-state index in [1.54, 1.807) is 26.0 Å². The van der Waals surface area contributed by atoms with Crippen molar-refractivity contribution in [1.82, 2.24) is 4.90 Å². The summed E-state index contributed by atoms with van der Waals surface area (Å²) in [6.45, 7) is 2.61. The monoisotopic (exact) mass is 252 g/mol. The molecular formula is C13H20N2O3. The van der Waals surface area contributed by atoms with Gasteiger partial charge in [0.15, 0.2) is 0 Å². The van der Waals surface area contributed by atoms with Crippen LogP contribution >= 0.6 is 0 Å². The molecule has 1 atom stereocenters. The van der Waals surface area contributed by atoms with Crippen molar-refractivity contribution in [2.24, 2.45) is 5.73 Å². The van der Waals surface area contributed by atoms with Crippen molar-refractivity contribution in [2.45, 2.75) is 13.0 Å². The molecule has 1 amide bonds. The summed E-state index contributed by atoms with van der Waals surface area (Å²) in [6, 6.07) is 6.83. The molecular weight excluding hydrogens is 232 g/mol. The summed E-state index contributed by atoms with van der Waals surface area (Å²) in [7, 11) is 3.33. The number of benzene rings is 1. The lowest BCUT2D eigenvalue weighted by molar-refractivity contribution is -0.131. The van der Waals surface area contributed by atoms with Crippen LogP contribution in [-0.4, -0.2) is 44.2 Å². The number of ether oxygens (including phenoxy) is 2. The maximum Gasteiger partial charge on any atom is 0.239 e. The van der Waals surface area contributed by atoms with Gasteiger partial charge in [-0.2, -0.15) is 0 Å². The van der Waals surface area contributed by atoms with Crippen LogP contribution in [0.2, 0.25) is 0 Å².